The average Bonchev–Trinajstić information content (AvgIpc) is 2.46. The Morgan fingerprint density at radius 2 is 1.95 bits per heavy atom. The molecule has 0 aliphatic rings. The Balaban J connectivity index is 2.93. The van der Waals surface area contributed by atoms with Crippen molar-refractivity contribution in [1.29, 1.82) is 5.26 Å². The van der Waals surface area contributed by atoms with Crippen LogP contribution >= 0.6 is 0 Å². The van der Waals surface area contributed by atoms with Crippen LogP contribution in [0.3, 0.4) is 0 Å². The monoisotopic (exact) mass is 286 g/mol. The molecule has 0 aliphatic carbocycles. The lowest BCUT2D eigenvalue weighted by Crippen LogP contribution is -2.52. The van der Waals surface area contributed by atoms with E-state index in [1.165, 1.54) is 24.8 Å². The van der Waals surface area contributed by atoms with Crippen LogP contribution in [0.5, 0.6) is 0 Å². The third-order valence-electron chi connectivity index (χ3n) is 3.13. The zero-order valence-electron chi connectivity index (χ0n) is 12.1. The molecule has 0 unspecified atom stereocenters. The third kappa shape index (κ3) is 4.46. The number of carbonyl (C=O) groups excluding carboxylic acids is 1. The number of benzene rings is 1. The highest BCUT2D eigenvalue weighted by Crippen LogP contribution is 2.16. The van der Waals surface area contributed by atoms with Crippen LogP contribution in [0.1, 0.15) is 25.8 Å². The second kappa shape index (κ2) is 7.25. The SMILES string of the molecule is CC(C)(C(=O)O)N(CCC#N)C(=O)/C=C/c1ccccc1. The summed E-state index contributed by atoms with van der Waals surface area (Å²) in [5, 5.41) is 17.9. The van der Waals surface area contributed by atoms with E-state index in [1.54, 1.807) is 6.08 Å². The molecule has 1 aromatic carbocycles. The number of nitrogens with zero attached hydrogens (tertiary/aromatic N) is 2. The highest BCUT2D eigenvalue weighted by Gasteiger charge is 2.36. The summed E-state index contributed by atoms with van der Waals surface area (Å²) in [6, 6.07) is 11.2. The van der Waals surface area contributed by atoms with Gasteiger partial charge in [-0.2, -0.15) is 5.26 Å². The van der Waals surface area contributed by atoms with Crippen molar-refractivity contribution in [2.75, 3.05) is 6.54 Å². The van der Waals surface area contributed by atoms with Crippen LogP contribution < -0.4 is 0 Å². The largest absolute Gasteiger partial charge is 0.480 e. The lowest BCUT2D eigenvalue weighted by atomic mass is 10.0. The molecule has 1 N–H and O–H groups in total. The van der Waals surface area contributed by atoms with Crippen molar-refractivity contribution in [3.63, 3.8) is 0 Å². The van der Waals surface area contributed by atoms with E-state index in [-0.39, 0.29) is 13.0 Å². The number of aliphatic carboxylic acids is 1. The maximum atomic E-state index is 12.2. The topological polar surface area (TPSA) is 81.4 Å². The number of carboxylic acid groups (broad SMARTS) is 1. The lowest BCUT2D eigenvalue weighted by molar-refractivity contribution is -0.155. The predicted molar refractivity (Wildman–Crippen MR) is 79.1 cm³/mol. The van der Waals surface area contributed by atoms with E-state index in [1.807, 2.05) is 36.4 Å². The Bertz CT molecular complexity index is 571. The quantitative estimate of drug-likeness (QED) is 0.813. The molecular formula is C16H18N2O3. The first-order valence-corrected chi connectivity index (χ1v) is 6.54. The molecule has 1 rings (SSSR count). The summed E-state index contributed by atoms with van der Waals surface area (Å²) in [4.78, 5) is 24.7. The van der Waals surface area contributed by atoms with E-state index in [0.717, 1.165) is 5.56 Å². The summed E-state index contributed by atoms with van der Waals surface area (Å²) in [6.07, 6.45) is 3.04. The number of hydrogen-bond donors (Lipinski definition) is 1. The molecule has 0 aliphatic heterocycles. The van der Waals surface area contributed by atoms with Gasteiger partial charge in [0.1, 0.15) is 5.54 Å². The number of nitriles is 1. The maximum Gasteiger partial charge on any atom is 0.329 e. The summed E-state index contributed by atoms with van der Waals surface area (Å²) >= 11 is 0. The van der Waals surface area contributed by atoms with E-state index < -0.39 is 17.4 Å². The van der Waals surface area contributed by atoms with Gasteiger partial charge in [-0.05, 0) is 25.5 Å². The summed E-state index contributed by atoms with van der Waals surface area (Å²) in [6.45, 7) is 2.97. The van der Waals surface area contributed by atoms with Crippen LogP contribution in [0.2, 0.25) is 0 Å². The molecule has 0 bridgehead atoms. The molecule has 1 amide bonds. The lowest BCUT2D eigenvalue weighted by Gasteiger charge is -2.33. The van der Waals surface area contributed by atoms with Gasteiger partial charge in [0, 0.05) is 12.6 Å². The second-order valence-corrected chi connectivity index (χ2v) is 5.01. The van der Waals surface area contributed by atoms with Crippen LogP contribution in [0.4, 0.5) is 0 Å². The third-order valence-corrected chi connectivity index (χ3v) is 3.13. The van der Waals surface area contributed by atoms with Crippen LogP contribution in [-0.2, 0) is 9.59 Å². The fourth-order valence-electron chi connectivity index (χ4n) is 1.76. The van der Waals surface area contributed by atoms with Crippen molar-refractivity contribution in [2.24, 2.45) is 0 Å². The molecule has 0 saturated carbocycles. The van der Waals surface area contributed by atoms with Crippen molar-refractivity contribution >= 4 is 18.0 Å². The Kier molecular flexibility index (Phi) is 5.67. The zero-order valence-corrected chi connectivity index (χ0v) is 12.1. The predicted octanol–water partition coefficient (Wildman–Crippen LogP) is 2.31. The number of carboxylic acids is 1. The van der Waals surface area contributed by atoms with Gasteiger partial charge in [-0.25, -0.2) is 4.79 Å². The summed E-state index contributed by atoms with van der Waals surface area (Å²) in [5.41, 5.74) is -0.520. The number of carbonyl (C=O) groups is 2. The minimum atomic E-state index is -1.37. The van der Waals surface area contributed by atoms with E-state index >= 15 is 0 Å². The first kappa shape index (κ1) is 16.4. The molecule has 0 saturated heterocycles. The van der Waals surface area contributed by atoms with Gasteiger partial charge in [-0.15, -0.1) is 0 Å². The van der Waals surface area contributed by atoms with Gasteiger partial charge in [-0.1, -0.05) is 30.3 Å². The van der Waals surface area contributed by atoms with E-state index in [2.05, 4.69) is 0 Å². The normalized spacial score (nSPS) is 11.1. The molecular weight excluding hydrogens is 268 g/mol. The fourth-order valence-corrected chi connectivity index (χ4v) is 1.76. The number of rotatable bonds is 6. The minimum Gasteiger partial charge on any atom is -0.480 e. The van der Waals surface area contributed by atoms with Crippen LogP contribution in [0, 0.1) is 11.3 Å². The van der Waals surface area contributed by atoms with Gasteiger partial charge in [0.15, 0.2) is 0 Å². The molecule has 0 heterocycles. The van der Waals surface area contributed by atoms with Crippen molar-refractivity contribution < 1.29 is 14.7 Å². The minimum absolute atomic E-state index is 0.0771. The smallest absolute Gasteiger partial charge is 0.329 e. The summed E-state index contributed by atoms with van der Waals surface area (Å²) < 4.78 is 0. The van der Waals surface area contributed by atoms with Gasteiger partial charge in [0.25, 0.3) is 0 Å². The number of amides is 1. The Hall–Kier alpha value is -2.61. The number of hydrogen-bond acceptors (Lipinski definition) is 3. The second-order valence-electron chi connectivity index (χ2n) is 5.01. The molecule has 1 aromatic rings. The van der Waals surface area contributed by atoms with Gasteiger partial charge >= 0.3 is 5.97 Å². The summed E-state index contributed by atoms with van der Waals surface area (Å²) in [5.74, 6) is -1.54. The van der Waals surface area contributed by atoms with Crippen molar-refractivity contribution in [2.45, 2.75) is 25.8 Å². The first-order chi connectivity index (χ1) is 9.89. The van der Waals surface area contributed by atoms with E-state index in [4.69, 9.17) is 5.26 Å². The standard InChI is InChI=1S/C16H18N2O3/c1-16(2,15(20)21)18(12-6-11-17)14(19)10-9-13-7-4-3-5-8-13/h3-5,7-10H,6,12H2,1-2H3,(H,20,21)/b10-9+. The molecule has 5 nitrogen and oxygen atoms in total. The van der Waals surface area contributed by atoms with Gasteiger partial charge in [0.05, 0.1) is 12.5 Å². The van der Waals surface area contributed by atoms with Crippen LogP contribution in [-0.4, -0.2) is 34.0 Å². The van der Waals surface area contributed by atoms with Gasteiger partial charge in [0.2, 0.25) is 5.91 Å². The Morgan fingerprint density at radius 3 is 2.48 bits per heavy atom. The van der Waals surface area contributed by atoms with E-state index in [9.17, 15) is 14.7 Å². The van der Waals surface area contributed by atoms with Crippen molar-refractivity contribution in [3.05, 3.63) is 42.0 Å². The molecule has 0 aromatic heterocycles. The van der Waals surface area contributed by atoms with E-state index in [0.29, 0.717) is 0 Å². The van der Waals surface area contributed by atoms with Gasteiger partial charge in [-0.3, -0.25) is 4.79 Å². The fraction of sp³-hybridized carbons (Fsp3) is 0.312. The van der Waals surface area contributed by atoms with Crippen molar-refractivity contribution in [1.82, 2.24) is 4.90 Å². The van der Waals surface area contributed by atoms with Crippen LogP contribution in [0.25, 0.3) is 6.08 Å². The average molecular weight is 286 g/mol. The van der Waals surface area contributed by atoms with Crippen molar-refractivity contribution in [3.8, 4) is 6.07 Å². The highest BCUT2D eigenvalue weighted by atomic mass is 16.4. The summed E-state index contributed by atoms with van der Waals surface area (Å²) in [7, 11) is 0. The molecule has 110 valence electrons. The Morgan fingerprint density at radius 1 is 1.33 bits per heavy atom. The molecule has 0 fully saturated rings. The molecule has 0 spiro atoms. The maximum absolute atomic E-state index is 12.2. The molecule has 5 heteroatoms. The molecule has 0 radical (unpaired) electrons. The first-order valence-electron chi connectivity index (χ1n) is 6.54. The van der Waals surface area contributed by atoms with Crippen LogP contribution in [0.15, 0.2) is 36.4 Å². The van der Waals surface area contributed by atoms with Gasteiger partial charge < -0.3 is 10.0 Å². The molecule has 21 heavy (non-hydrogen) atoms. The molecule has 0 atom stereocenters. The zero-order chi connectivity index (χ0) is 15.9. The Labute approximate surface area is 124 Å². The highest BCUT2D eigenvalue weighted by molar-refractivity contribution is 5.95.